The van der Waals surface area contributed by atoms with Crippen molar-refractivity contribution in [3.63, 3.8) is 0 Å². The topological polar surface area (TPSA) is 66.0 Å². The maximum Gasteiger partial charge on any atom is 0.339 e. The van der Waals surface area contributed by atoms with Gasteiger partial charge in [-0.3, -0.25) is 5.10 Å². The number of hydrogen-bond donors (Lipinski definition) is 2. The van der Waals surface area contributed by atoms with Crippen LogP contribution in [0.15, 0.2) is 6.20 Å². The summed E-state index contributed by atoms with van der Waals surface area (Å²) in [4.78, 5) is 10.2. The second kappa shape index (κ2) is 2.65. The van der Waals surface area contributed by atoms with Crippen molar-refractivity contribution in [1.29, 1.82) is 0 Å². The third-order valence-electron chi connectivity index (χ3n) is 1.11. The average molecular weight is 162 g/mol. The van der Waals surface area contributed by atoms with Gasteiger partial charge in [-0.2, -0.15) is 5.10 Å². The largest absolute Gasteiger partial charge is 0.478 e. The predicted octanol–water partition coefficient (Wildman–Crippen LogP) is 1.05. The second-order valence-corrected chi connectivity index (χ2v) is 1.79. The molecule has 0 aliphatic heterocycles. The van der Waals surface area contributed by atoms with Gasteiger partial charge >= 0.3 is 5.97 Å². The van der Waals surface area contributed by atoms with Crippen molar-refractivity contribution in [2.24, 2.45) is 0 Å². The molecule has 1 heterocycles. The number of aromatic nitrogens is 2. The summed E-state index contributed by atoms with van der Waals surface area (Å²) in [6.07, 6.45) is -1.93. The van der Waals surface area contributed by atoms with Gasteiger partial charge in [0.05, 0.1) is 0 Å². The van der Waals surface area contributed by atoms with Crippen molar-refractivity contribution < 1.29 is 18.7 Å². The molecule has 0 atom stereocenters. The summed E-state index contributed by atoms with van der Waals surface area (Å²) in [6, 6.07) is 0. The molecule has 4 nitrogen and oxygen atoms in total. The van der Waals surface area contributed by atoms with Crippen LogP contribution in [0.25, 0.3) is 0 Å². The molecule has 0 saturated carbocycles. The first-order valence-corrected chi connectivity index (χ1v) is 2.68. The summed E-state index contributed by atoms with van der Waals surface area (Å²) < 4.78 is 23.8. The number of carboxylic acids is 1. The predicted molar refractivity (Wildman–Crippen MR) is 30.5 cm³/mol. The maximum absolute atomic E-state index is 11.9. The van der Waals surface area contributed by atoms with Gasteiger partial charge in [-0.05, 0) is 0 Å². The molecule has 0 fully saturated rings. The number of aromatic amines is 1. The van der Waals surface area contributed by atoms with E-state index in [9.17, 15) is 13.6 Å². The van der Waals surface area contributed by atoms with Gasteiger partial charge in [0.2, 0.25) is 0 Å². The maximum atomic E-state index is 11.9. The molecule has 1 aromatic rings. The molecule has 0 aliphatic carbocycles. The number of hydrogen-bond acceptors (Lipinski definition) is 2. The van der Waals surface area contributed by atoms with Gasteiger partial charge in [-0.15, -0.1) is 0 Å². The molecule has 0 spiro atoms. The van der Waals surface area contributed by atoms with E-state index >= 15 is 0 Å². The SMILES string of the molecule is O=C(O)c1c[nH]nc1C(F)F. The zero-order valence-corrected chi connectivity index (χ0v) is 5.21. The minimum absolute atomic E-state index is 0.486. The number of nitrogens with one attached hydrogen (secondary N) is 1. The van der Waals surface area contributed by atoms with Crippen molar-refractivity contribution in [1.82, 2.24) is 10.2 Å². The van der Waals surface area contributed by atoms with E-state index in [-0.39, 0.29) is 0 Å². The van der Waals surface area contributed by atoms with Crippen LogP contribution >= 0.6 is 0 Å². The van der Waals surface area contributed by atoms with E-state index in [0.29, 0.717) is 0 Å². The molecular weight excluding hydrogens is 158 g/mol. The number of H-pyrrole nitrogens is 1. The Hall–Kier alpha value is -1.46. The first kappa shape index (κ1) is 7.64. The van der Waals surface area contributed by atoms with E-state index in [0.717, 1.165) is 6.20 Å². The monoisotopic (exact) mass is 162 g/mol. The Morgan fingerprint density at radius 2 is 2.36 bits per heavy atom. The van der Waals surface area contributed by atoms with Crippen molar-refractivity contribution in [2.75, 3.05) is 0 Å². The van der Waals surface area contributed by atoms with Crippen LogP contribution in [0.5, 0.6) is 0 Å². The molecule has 1 rings (SSSR count). The van der Waals surface area contributed by atoms with Crippen LogP contribution in [-0.4, -0.2) is 21.3 Å². The fourth-order valence-electron chi connectivity index (χ4n) is 0.638. The van der Waals surface area contributed by atoms with Crippen molar-refractivity contribution in [2.45, 2.75) is 6.43 Å². The lowest BCUT2D eigenvalue weighted by atomic mass is 10.2. The Morgan fingerprint density at radius 3 is 2.73 bits per heavy atom. The first-order chi connectivity index (χ1) is 5.13. The van der Waals surface area contributed by atoms with Gasteiger partial charge in [0.25, 0.3) is 6.43 Å². The van der Waals surface area contributed by atoms with Crippen LogP contribution < -0.4 is 0 Å². The van der Waals surface area contributed by atoms with Crippen LogP contribution in [0.3, 0.4) is 0 Å². The van der Waals surface area contributed by atoms with Gasteiger partial charge in [-0.25, -0.2) is 13.6 Å². The molecule has 0 unspecified atom stereocenters. The van der Waals surface area contributed by atoms with E-state index in [1.807, 2.05) is 0 Å². The quantitative estimate of drug-likeness (QED) is 0.682. The number of nitrogens with zero attached hydrogens (tertiary/aromatic N) is 1. The lowest BCUT2D eigenvalue weighted by Gasteiger charge is -1.93. The Balaban J connectivity index is 3.06. The van der Waals surface area contributed by atoms with Crippen LogP contribution in [0, 0.1) is 0 Å². The number of alkyl halides is 2. The number of carbonyl (C=O) groups is 1. The molecule has 60 valence electrons. The van der Waals surface area contributed by atoms with Gasteiger partial charge in [0.15, 0.2) is 0 Å². The first-order valence-electron chi connectivity index (χ1n) is 2.68. The summed E-state index contributed by atoms with van der Waals surface area (Å²) in [6.45, 7) is 0. The Labute approximate surface area is 59.8 Å². The number of aromatic carboxylic acids is 1. The summed E-state index contributed by atoms with van der Waals surface area (Å²) >= 11 is 0. The molecule has 0 amide bonds. The fraction of sp³-hybridized carbons (Fsp3) is 0.200. The van der Waals surface area contributed by atoms with E-state index in [2.05, 4.69) is 10.2 Å². The molecule has 0 radical (unpaired) electrons. The normalized spacial score (nSPS) is 10.5. The second-order valence-electron chi connectivity index (χ2n) is 1.79. The van der Waals surface area contributed by atoms with Gasteiger partial charge < -0.3 is 5.11 Å². The van der Waals surface area contributed by atoms with Gasteiger partial charge in [0.1, 0.15) is 11.3 Å². The number of carboxylic acid groups (broad SMARTS) is 1. The molecule has 0 aliphatic rings. The van der Waals surface area contributed by atoms with Crippen molar-refractivity contribution >= 4 is 5.97 Å². The van der Waals surface area contributed by atoms with Crippen LogP contribution in [0.4, 0.5) is 8.78 Å². The highest BCUT2D eigenvalue weighted by atomic mass is 19.3. The number of halogens is 2. The molecule has 11 heavy (non-hydrogen) atoms. The molecule has 6 heteroatoms. The van der Waals surface area contributed by atoms with E-state index in [1.165, 1.54) is 0 Å². The lowest BCUT2D eigenvalue weighted by molar-refractivity contribution is 0.0684. The Bertz CT molecular complexity index is 271. The fourth-order valence-corrected chi connectivity index (χ4v) is 0.638. The van der Waals surface area contributed by atoms with Crippen LogP contribution in [-0.2, 0) is 0 Å². The van der Waals surface area contributed by atoms with Crippen molar-refractivity contribution in [3.05, 3.63) is 17.5 Å². The highest BCUT2D eigenvalue weighted by Crippen LogP contribution is 2.19. The smallest absolute Gasteiger partial charge is 0.339 e. The van der Waals surface area contributed by atoms with Crippen LogP contribution in [0.2, 0.25) is 0 Å². The summed E-state index contributed by atoms with van der Waals surface area (Å²) in [5.41, 5.74) is -1.21. The van der Waals surface area contributed by atoms with Gasteiger partial charge in [0, 0.05) is 6.20 Å². The molecule has 0 saturated heterocycles. The highest BCUT2D eigenvalue weighted by Gasteiger charge is 2.20. The zero-order chi connectivity index (χ0) is 8.43. The molecule has 1 aromatic heterocycles. The van der Waals surface area contributed by atoms with E-state index < -0.39 is 23.7 Å². The third kappa shape index (κ3) is 1.34. The zero-order valence-electron chi connectivity index (χ0n) is 5.21. The van der Waals surface area contributed by atoms with Gasteiger partial charge in [-0.1, -0.05) is 0 Å². The minimum atomic E-state index is -2.85. The Morgan fingerprint density at radius 1 is 1.73 bits per heavy atom. The van der Waals surface area contributed by atoms with Crippen LogP contribution in [0.1, 0.15) is 22.5 Å². The highest BCUT2D eigenvalue weighted by molar-refractivity contribution is 5.88. The standard InChI is InChI=1S/C5H4F2N2O2/c6-4(7)3-2(5(10)11)1-8-9-3/h1,4H,(H,8,9)(H,10,11). The molecular formula is C5H4F2N2O2. The summed E-state index contributed by atoms with van der Waals surface area (Å²) in [7, 11) is 0. The molecule has 0 bridgehead atoms. The molecule has 0 aromatic carbocycles. The summed E-state index contributed by atoms with van der Waals surface area (Å²) in [5.74, 6) is -1.41. The summed E-state index contributed by atoms with van der Waals surface area (Å²) in [5, 5.41) is 13.4. The minimum Gasteiger partial charge on any atom is -0.478 e. The average Bonchev–Trinajstić information content (AvgIpc) is 2.32. The molecule has 2 N–H and O–H groups in total. The Kier molecular flexibility index (Phi) is 1.84. The van der Waals surface area contributed by atoms with E-state index in [1.54, 1.807) is 0 Å². The number of rotatable bonds is 2. The lowest BCUT2D eigenvalue weighted by Crippen LogP contribution is -1.99. The van der Waals surface area contributed by atoms with E-state index in [4.69, 9.17) is 5.11 Å². The third-order valence-corrected chi connectivity index (χ3v) is 1.11. The van der Waals surface area contributed by atoms with Crippen molar-refractivity contribution in [3.8, 4) is 0 Å².